The van der Waals surface area contributed by atoms with Gasteiger partial charge in [-0.1, -0.05) is 0 Å². The molecule has 2 N–H and O–H groups in total. The van der Waals surface area contributed by atoms with E-state index in [1.807, 2.05) is 6.92 Å². The van der Waals surface area contributed by atoms with Crippen LogP contribution in [0.3, 0.4) is 0 Å². The van der Waals surface area contributed by atoms with Crippen molar-refractivity contribution in [2.24, 2.45) is 0 Å². The van der Waals surface area contributed by atoms with Crippen molar-refractivity contribution in [1.82, 2.24) is 9.97 Å². The molecule has 8 heteroatoms. The molecule has 3 aromatic rings. The number of anilines is 2. The summed E-state index contributed by atoms with van der Waals surface area (Å²) in [5.74, 6) is -1.66. The highest BCUT2D eigenvalue weighted by Gasteiger charge is 2.17. The van der Waals surface area contributed by atoms with Gasteiger partial charge in [0, 0.05) is 30.2 Å². The van der Waals surface area contributed by atoms with E-state index in [1.54, 1.807) is 25.3 Å². The van der Waals surface area contributed by atoms with E-state index in [0.717, 1.165) is 11.8 Å². The van der Waals surface area contributed by atoms with Gasteiger partial charge in [-0.15, -0.1) is 11.3 Å². The summed E-state index contributed by atoms with van der Waals surface area (Å²) in [5, 5.41) is 7.05. The van der Waals surface area contributed by atoms with Crippen LogP contribution in [0.5, 0.6) is 0 Å². The first-order chi connectivity index (χ1) is 12.4. The summed E-state index contributed by atoms with van der Waals surface area (Å²) < 4.78 is 26.6. The SMILES string of the molecule is Cc1cc(NC(=O)c2nc(C)sc2NCc2cc(F)cc(F)c2)ccn1. The van der Waals surface area contributed by atoms with Crippen LogP contribution in [0.25, 0.3) is 0 Å². The zero-order chi connectivity index (χ0) is 18.7. The number of benzene rings is 1. The summed E-state index contributed by atoms with van der Waals surface area (Å²) in [6, 6.07) is 6.73. The van der Waals surface area contributed by atoms with Gasteiger partial charge < -0.3 is 10.6 Å². The third-order valence-corrected chi connectivity index (χ3v) is 4.41. The predicted molar refractivity (Wildman–Crippen MR) is 97.5 cm³/mol. The highest BCUT2D eigenvalue weighted by Crippen LogP contribution is 2.26. The number of carbonyl (C=O) groups is 1. The van der Waals surface area contributed by atoms with Crippen molar-refractivity contribution >= 4 is 27.9 Å². The van der Waals surface area contributed by atoms with Crippen LogP contribution in [0.15, 0.2) is 36.5 Å². The van der Waals surface area contributed by atoms with Crippen molar-refractivity contribution in [3.8, 4) is 0 Å². The Bertz CT molecular complexity index is 938. The Morgan fingerprint density at radius 3 is 2.58 bits per heavy atom. The molecule has 5 nitrogen and oxygen atoms in total. The quantitative estimate of drug-likeness (QED) is 0.699. The number of thiazole rings is 1. The van der Waals surface area contributed by atoms with Gasteiger partial charge in [-0.25, -0.2) is 13.8 Å². The van der Waals surface area contributed by atoms with E-state index in [4.69, 9.17) is 0 Å². The minimum atomic E-state index is -0.645. The number of aryl methyl sites for hydroxylation is 2. The van der Waals surface area contributed by atoms with Crippen LogP contribution >= 0.6 is 11.3 Å². The fourth-order valence-corrected chi connectivity index (χ4v) is 3.22. The van der Waals surface area contributed by atoms with Crippen molar-refractivity contribution in [2.75, 3.05) is 10.6 Å². The van der Waals surface area contributed by atoms with Gasteiger partial charge in [0.1, 0.15) is 16.6 Å². The predicted octanol–water partition coefficient (Wildman–Crippen LogP) is 4.30. The Morgan fingerprint density at radius 1 is 1.15 bits per heavy atom. The van der Waals surface area contributed by atoms with E-state index in [2.05, 4.69) is 20.6 Å². The Balaban J connectivity index is 1.76. The minimum absolute atomic E-state index is 0.172. The molecule has 0 fully saturated rings. The zero-order valence-corrected chi connectivity index (χ0v) is 15.0. The second-order valence-electron chi connectivity index (χ2n) is 5.68. The molecule has 0 aliphatic carbocycles. The van der Waals surface area contributed by atoms with Gasteiger partial charge >= 0.3 is 0 Å². The third-order valence-electron chi connectivity index (χ3n) is 3.48. The summed E-state index contributed by atoms with van der Waals surface area (Å²) >= 11 is 1.30. The van der Waals surface area contributed by atoms with E-state index in [1.165, 1.54) is 23.5 Å². The molecule has 0 unspecified atom stereocenters. The number of nitrogens with zero attached hydrogens (tertiary/aromatic N) is 2. The van der Waals surface area contributed by atoms with E-state index < -0.39 is 11.6 Å². The van der Waals surface area contributed by atoms with E-state index in [0.29, 0.717) is 21.3 Å². The normalized spacial score (nSPS) is 10.6. The molecular weight excluding hydrogens is 358 g/mol. The lowest BCUT2D eigenvalue weighted by Gasteiger charge is -2.08. The number of nitrogens with one attached hydrogen (secondary N) is 2. The molecule has 0 aliphatic heterocycles. The number of halogens is 2. The average molecular weight is 374 g/mol. The van der Waals surface area contributed by atoms with Gasteiger partial charge in [0.25, 0.3) is 5.91 Å². The Labute approximate surface area is 153 Å². The lowest BCUT2D eigenvalue weighted by Crippen LogP contribution is -2.15. The lowest BCUT2D eigenvalue weighted by molar-refractivity contribution is 0.102. The summed E-state index contributed by atoms with van der Waals surface area (Å²) in [6.45, 7) is 3.78. The van der Waals surface area contributed by atoms with Gasteiger partial charge in [0.05, 0.1) is 5.01 Å². The molecular formula is C18H16F2N4OS. The zero-order valence-electron chi connectivity index (χ0n) is 14.1. The molecule has 26 heavy (non-hydrogen) atoms. The number of hydrogen-bond acceptors (Lipinski definition) is 5. The molecule has 0 bridgehead atoms. The molecule has 0 aliphatic rings. The van der Waals surface area contributed by atoms with E-state index in [9.17, 15) is 13.6 Å². The molecule has 3 rings (SSSR count). The number of hydrogen-bond donors (Lipinski definition) is 2. The number of carbonyl (C=O) groups excluding carboxylic acids is 1. The van der Waals surface area contributed by atoms with Crippen LogP contribution in [0.2, 0.25) is 0 Å². The molecule has 2 aromatic heterocycles. The monoisotopic (exact) mass is 374 g/mol. The first kappa shape index (κ1) is 17.9. The van der Waals surface area contributed by atoms with Crippen LogP contribution in [0.4, 0.5) is 19.5 Å². The van der Waals surface area contributed by atoms with Gasteiger partial charge in [0.15, 0.2) is 5.69 Å². The second-order valence-corrected chi connectivity index (χ2v) is 6.89. The highest BCUT2D eigenvalue weighted by atomic mass is 32.1. The largest absolute Gasteiger partial charge is 0.371 e. The maximum atomic E-state index is 13.3. The minimum Gasteiger partial charge on any atom is -0.371 e. The molecule has 2 heterocycles. The smallest absolute Gasteiger partial charge is 0.277 e. The molecule has 0 radical (unpaired) electrons. The lowest BCUT2D eigenvalue weighted by atomic mass is 10.2. The van der Waals surface area contributed by atoms with Crippen LogP contribution < -0.4 is 10.6 Å². The first-order valence-corrected chi connectivity index (χ1v) is 8.62. The van der Waals surface area contributed by atoms with Gasteiger partial charge in [-0.3, -0.25) is 9.78 Å². The summed E-state index contributed by atoms with van der Waals surface area (Å²) in [6.07, 6.45) is 1.61. The summed E-state index contributed by atoms with van der Waals surface area (Å²) in [7, 11) is 0. The van der Waals surface area contributed by atoms with Crippen molar-refractivity contribution in [3.63, 3.8) is 0 Å². The van der Waals surface area contributed by atoms with Crippen LogP contribution in [0, 0.1) is 25.5 Å². The molecule has 0 atom stereocenters. The molecule has 134 valence electrons. The van der Waals surface area contributed by atoms with Gasteiger partial charge in [-0.05, 0) is 43.7 Å². The fraction of sp³-hybridized carbons (Fsp3) is 0.167. The van der Waals surface area contributed by atoms with Crippen molar-refractivity contribution in [2.45, 2.75) is 20.4 Å². The maximum Gasteiger partial charge on any atom is 0.277 e. The molecule has 1 amide bonds. The molecule has 0 saturated heterocycles. The highest BCUT2D eigenvalue weighted by molar-refractivity contribution is 7.16. The Morgan fingerprint density at radius 2 is 1.88 bits per heavy atom. The van der Waals surface area contributed by atoms with Crippen molar-refractivity contribution < 1.29 is 13.6 Å². The number of aromatic nitrogens is 2. The number of amides is 1. The Hall–Kier alpha value is -2.87. The maximum absolute atomic E-state index is 13.3. The summed E-state index contributed by atoms with van der Waals surface area (Å²) in [4.78, 5) is 20.9. The molecule has 1 aromatic carbocycles. The third kappa shape index (κ3) is 4.40. The van der Waals surface area contributed by atoms with Crippen molar-refractivity contribution in [3.05, 3.63) is 70.1 Å². The second kappa shape index (κ2) is 7.57. The first-order valence-electron chi connectivity index (χ1n) is 7.81. The summed E-state index contributed by atoms with van der Waals surface area (Å²) in [5.41, 5.74) is 2.07. The van der Waals surface area contributed by atoms with Crippen LogP contribution in [-0.4, -0.2) is 15.9 Å². The fourth-order valence-electron chi connectivity index (χ4n) is 2.41. The topological polar surface area (TPSA) is 66.9 Å². The number of rotatable bonds is 5. The Kier molecular flexibility index (Phi) is 5.22. The standard InChI is InChI=1S/C18H16F2N4OS/c1-10-5-15(3-4-21-10)24-17(25)16-18(26-11(2)23-16)22-9-12-6-13(19)8-14(20)7-12/h3-8,22H,9H2,1-2H3,(H,21,24,25). The van der Waals surface area contributed by atoms with Gasteiger partial charge in [0.2, 0.25) is 0 Å². The van der Waals surface area contributed by atoms with Crippen molar-refractivity contribution in [1.29, 1.82) is 0 Å². The van der Waals surface area contributed by atoms with E-state index >= 15 is 0 Å². The molecule has 0 saturated carbocycles. The van der Waals surface area contributed by atoms with Gasteiger partial charge in [-0.2, -0.15) is 0 Å². The molecule has 0 spiro atoms. The van der Waals surface area contributed by atoms with Crippen LogP contribution in [0.1, 0.15) is 26.8 Å². The average Bonchev–Trinajstić information content (AvgIpc) is 2.93. The number of pyridine rings is 1. The van der Waals surface area contributed by atoms with Crippen LogP contribution in [-0.2, 0) is 6.54 Å². The van der Waals surface area contributed by atoms with E-state index in [-0.39, 0.29) is 18.1 Å².